The summed E-state index contributed by atoms with van der Waals surface area (Å²) in [5.41, 5.74) is 0. The van der Waals surface area contributed by atoms with E-state index < -0.39 is 0 Å². The first-order valence-corrected chi connectivity index (χ1v) is 4.98. The molecule has 0 saturated carbocycles. The molecular formula is C11H8BrNO. The van der Waals surface area contributed by atoms with Gasteiger partial charge in [0, 0.05) is 16.7 Å². The van der Waals surface area contributed by atoms with Crippen molar-refractivity contribution in [3.05, 3.63) is 53.1 Å². The van der Waals surface area contributed by atoms with Crippen LogP contribution in [0.15, 0.2) is 53.1 Å². The van der Waals surface area contributed by atoms with E-state index in [4.69, 9.17) is 4.74 Å². The Morgan fingerprint density at radius 3 is 2.57 bits per heavy atom. The summed E-state index contributed by atoms with van der Waals surface area (Å²) in [7, 11) is 0. The highest BCUT2D eigenvalue weighted by Crippen LogP contribution is 2.21. The van der Waals surface area contributed by atoms with Crippen LogP contribution < -0.4 is 4.74 Å². The van der Waals surface area contributed by atoms with Crippen molar-refractivity contribution in [2.75, 3.05) is 0 Å². The van der Waals surface area contributed by atoms with E-state index in [0.29, 0.717) is 5.88 Å². The zero-order chi connectivity index (χ0) is 9.80. The van der Waals surface area contributed by atoms with Crippen molar-refractivity contribution >= 4 is 15.9 Å². The molecule has 0 saturated heterocycles. The molecule has 2 nitrogen and oxygen atoms in total. The maximum atomic E-state index is 5.52. The van der Waals surface area contributed by atoms with Gasteiger partial charge in [-0.3, -0.25) is 0 Å². The van der Waals surface area contributed by atoms with Gasteiger partial charge in [0.25, 0.3) is 0 Å². The van der Waals surface area contributed by atoms with Crippen LogP contribution in [0.4, 0.5) is 0 Å². The Labute approximate surface area is 90.7 Å². The highest BCUT2D eigenvalue weighted by atomic mass is 79.9. The Balaban J connectivity index is 2.19. The molecule has 0 aliphatic heterocycles. The standard InChI is InChI=1S/C11H8BrNO/c12-9-6-7-13-11(8-9)14-10-4-2-1-3-5-10/h1-8H. The van der Waals surface area contributed by atoms with E-state index in [9.17, 15) is 0 Å². The van der Waals surface area contributed by atoms with Gasteiger partial charge in [0.2, 0.25) is 5.88 Å². The van der Waals surface area contributed by atoms with Gasteiger partial charge in [-0.05, 0) is 18.2 Å². The highest BCUT2D eigenvalue weighted by Gasteiger charge is 1.97. The molecule has 0 unspecified atom stereocenters. The quantitative estimate of drug-likeness (QED) is 0.811. The number of pyridine rings is 1. The molecule has 1 heterocycles. The van der Waals surface area contributed by atoms with Crippen molar-refractivity contribution in [1.82, 2.24) is 4.98 Å². The zero-order valence-electron chi connectivity index (χ0n) is 7.35. The molecule has 0 bridgehead atoms. The van der Waals surface area contributed by atoms with Crippen molar-refractivity contribution in [3.8, 4) is 11.6 Å². The number of ether oxygens (including phenoxy) is 1. The highest BCUT2D eigenvalue weighted by molar-refractivity contribution is 9.10. The topological polar surface area (TPSA) is 22.1 Å². The molecule has 3 heteroatoms. The van der Waals surface area contributed by atoms with Crippen molar-refractivity contribution in [2.24, 2.45) is 0 Å². The van der Waals surface area contributed by atoms with Crippen LogP contribution in [0.25, 0.3) is 0 Å². The molecule has 0 spiro atoms. The summed E-state index contributed by atoms with van der Waals surface area (Å²) in [5.74, 6) is 1.38. The number of rotatable bonds is 2. The Morgan fingerprint density at radius 1 is 1.07 bits per heavy atom. The monoisotopic (exact) mass is 249 g/mol. The third-order valence-electron chi connectivity index (χ3n) is 1.66. The van der Waals surface area contributed by atoms with Crippen LogP contribution in [-0.2, 0) is 0 Å². The first-order valence-electron chi connectivity index (χ1n) is 4.19. The molecule has 14 heavy (non-hydrogen) atoms. The fourth-order valence-electron chi connectivity index (χ4n) is 1.05. The summed E-state index contributed by atoms with van der Waals surface area (Å²) in [4.78, 5) is 4.08. The molecule has 2 aromatic rings. The first-order chi connectivity index (χ1) is 6.84. The number of hydrogen-bond donors (Lipinski definition) is 0. The van der Waals surface area contributed by atoms with E-state index in [0.717, 1.165) is 10.2 Å². The van der Waals surface area contributed by atoms with Gasteiger partial charge < -0.3 is 4.74 Å². The van der Waals surface area contributed by atoms with Crippen molar-refractivity contribution in [3.63, 3.8) is 0 Å². The predicted molar refractivity (Wildman–Crippen MR) is 58.5 cm³/mol. The van der Waals surface area contributed by atoms with Crippen molar-refractivity contribution in [1.29, 1.82) is 0 Å². The number of benzene rings is 1. The third-order valence-corrected chi connectivity index (χ3v) is 2.16. The van der Waals surface area contributed by atoms with Gasteiger partial charge in [-0.1, -0.05) is 34.1 Å². The second-order valence-electron chi connectivity index (χ2n) is 2.73. The minimum atomic E-state index is 0.588. The van der Waals surface area contributed by atoms with Gasteiger partial charge in [0.15, 0.2) is 0 Å². The minimum Gasteiger partial charge on any atom is -0.439 e. The molecule has 0 amide bonds. The lowest BCUT2D eigenvalue weighted by atomic mass is 10.3. The van der Waals surface area contributed by atoms with E-state index in [1.54, 1.807) is 6.20 Å². The second kappa shape index (κ2) is 4.24. The molecule has 0 fully saturated rings. The summed E-state index contributed by atoms with van der Waals surface area (Å²) >= 11 is 3.36. The molecular weight excluding hydrogens is 242 g/mol. The van der Waals surface area contributed by atoms with Gasteiger partial charge >= 0.3 is 0 Å². The number of hydrogen-bond acceptors (Lipinski definition) is 2. The second-order valence-corrected chi connectivity index (χ2v) is 3.64. The van der Waals surface area contributed by atoms with Crippen LogP contribution in [0.3, 0.4) is 0 Å². The minimum absolute atomic E-state index is 0.588. The lowest BCUT2D eigenvalue weighted by Gasteiger charge is -2.03. The van der Waals surface area contributed by atoms with E-state index in [-0.39, 0.29) is 0 Å². The molecule has 0 N–H and O–H groups in total. The molecule has 1 aromatic heterocycles. The average Bonchev–Trinajstić information content (AvgIpc) is 2.19. The molecule has 0 atom stereocenters. The van der Waals surface area contributed by atoms with Crippen LogP contribution in [0.1, 0.15) is 0 Å². The van der Waals surface area contributed by atoms with E-state index in [2.05, 4.69) is 20.9 Å². The van der Waals surface area contributed by atoms with Gasteiger partial charge in [0.1, 0.15) is 5.75 Å². The Bertz CT molecular complexity index is 417. The van der Waals surface area contributed by atoms with E-state index in [1.165, 1.54) is 0 Å². The van der Waals surface area contributed by atoms with E-state index in [1.807, 2.05) is 42.5 Å². The van der Waals surface area contributed by atoms with Crippen LogP contribution in [0.2, 0.25) is 0 Å². The number of aromatic nitrogens is 1. The summed E-state index contributed by atoms with van der Waals surface area (Å²) < 4.78 is 6.47. The lowest BCUT2D eigenvalue weighted by molar-refractivity contribution is 0.462. The maximum Gasteiger partial charge on any atom is 0.220 e. The Kier molecular flexibility index (Phi) is 2.79. The SMILES string of the molecule is Brc1ccnc(Oc2ccccc2)c1. The third kappa shape index (κ3) is 2.33. The lowest BCUT2D eigenvalue weighted by Crippen LogP contribution is -1.86. The average molecular weight is 250 g/mol. The molecule has 0 radical (unpaired) electrons. The predicted octanol–water partition coefficient (Wildman–Crippen LogP) is 3.64. The van der Waals surface area contributed by atoms with Gasteiger partial charge in [-0.2, -0.15) is 0 Å². The van der Waals surface area contributed by atoms with Gasteiger partial charge in [-0.25, -0.2) is 4.98 Å². The van der Waals surface area contributed by atoms with Crippen LogP contribution in [-0.4, -0.2) is 4.98 Å². The molecule has 2 rings (SSSR count). The summed E-state index contributed by atoms with van der Waals surface area (Å²) in [6, 6.07) is 13.3. The van der Waals surface area contributed by atoms with Crippen LogP contribution in [0, 0.1) is 0 Å². The maximum absolute atomic E-state index is 5.52. The number of para-hydroxylation sites is 1. The smallest absolute Gasteiger partial charge is 0.220 e. The fraction of sp³-hybridized carbons (Fsp3) is 0. The van der Waals surface area contributed by atoms with Crippen molar-refractivity contribution < 1.29 is 4.74 Å². The molecule has 0 aliphatic rings. The van der Waals surface area contributed by atoms with Gasteiger partial charge in [0.05, 0.1) is 0 Å². The number of halogens is 1. The molecule has 70 valence electrons. The summed E-state index contributed by atoms with van der Waals surface area (Å²) in [6.07, 6.45) is 1.70. The van der Waals surface area contributed by atoms with Crippen LogP contribution >= 0.6 is 15.9 Å². The summed E-state index contributed by atoms with van der Waals surface area (Å²) in [5, 5.41) is 0. The van der Waals surface area contributed by atoms with Gasteiger partial charge in [-0.15, -0.1) is 0 Å². The van der Waals surface area contributed by atoms with Crippen molar-refractivity contribution in [2.45, 2.75) is 0 Å². The molecule has 1 aromatic carbocycles. The molecule has 0 aliphatic carbocycles. The fourth-order valence-corrected chi connectivity index (χ4v) is 1.36. The van der Waals surface area contributed by atoms with Crippen LogP contribution in [0.5, 0.6) is 11.6 Å². The number of nitrogens with zero attached hydrogens (tertiary/aromatic N) is 1. The summed E-state index contributed by atoms with van der Waals surface area (Å²) in [6.45, 7) is 0. The largest absolute Gasteiger partial charge is 0.439 e. The Hall–Kier alpha value is -1.35. The normalized spacial score (nSPS) is 9.79. The first kappa shape index (κ1) is 9.21. The zero-order valence-corrected chi connectivity index (χ0v) is 8.94. The Morgan fingerprint density at radius 2 is 1.86 bits per heavy atom. The van der Waals surface area contributed by atoms with E-state index >= 15 is 0 Å².